The summed E-state index contributed by atoms with van der Waals surface area (Å²) in [5, 5.41) is 0. The highest BCUT2D eigenvalue weighted by atomic mass is 16.5. The molecular weight excluding hydrogens is 380 g/mol. The van der Waals surface area contributed by atoms with Gasteiger partial charge in [-0.2, -0.15) is 0 Å². The summed E-state index contributed by atoms with van der Waals surface area (Å²) in [6.07, 6.45) is 0. The number of para-hydroxylation sites is 1. The van der Waals surface area contributed by atoms with Crippen LogP contribution in [-0.2, 0) is 0 Å². The number of aryl methyl sites for hydroxylation is 1. The van der Waals surface area contributed by atoms with E-state index in [-0.39, 0.29) is 5.91 Å². The van der Waals surface area contributed by atoms with Crippen LogP contribution in [0.1, 0.15) is 36.7 Å². The molecule has 6 nitrogen and oxygen atoms in total. The van der Waals surface area contributed by atoms with Crippen LogP contribution >= 0.6 is 0 Å². The topological polar surface area (TPSA) is 51.2 Å². The summed E-state index contributed by atoms with van der Waals surface area (Å²) >= 11 is 0. The minimum absolute atomic E-state index is 0.00983. The lowest BCUT2D eigenvalue weighted by atomic mass is 10.1. The van der Waals surface area contributed by atoms with Crippen molar-refractivity contribution in [2.45, 2.75) is 27.7 Å². The second-order valence-electron chi connectivity index (χ2n) is 7.17. The van der Waals surface area contributed by atoms with Gasteiger partial charge in [-0.3, -0.25) is 4.79 Å². The number of rotatable bonds is 8. The minimum Gasteiger partial charge on any atom is -0.490 e. The fraction of sp³-hybridized carbons (Fsp3) is 0.458. The van der Waals surface area contributed by atoms with E-state index in [0.717, 1.165) is 13.1 Å². The fourth-order valence-electron chi connectivity index (χ4n) is 3.76. The zero-order valence-electron chi connectivity index (χ0n) is 18.4. The summed E-state index contributed by atoms with van der Waals surface area (Å²) in [7, 11) is 0. The van der Waals surface area contributed by atoms with Crippen LogP contribution in [0.25, 0.3) is 0 Å². The van der Waals surface area contributed by atoms with E-state index in [4.69, 9.17) is 14.2 Å². The lowest BCUT2D eigenvalue weighted by Crippen LogP contribution is -2.49. The number of piperazine rings is 1. The molecule has 1 heterocycles. The summed E-state index contributed by atoms with van der Waals surface area (Å²) in [5.74, 6) is 1.64. The molecule has 0 aliphatic carbocycles. The van der Waals surface area contributed by atoms with Gasteiger partial charge in [-0.15, -0.1) is 0 Å². The molecule has 0 N–H and O–H groups in total. The first-order valence-corrected chi connectivity index (χ1v) is 10.7. The Hall–Kier alpha value is -2.89. The Labute approximate surface area is 179 Å². The number of amides is 1. The van der Waals surface area contributed by atoms with Gasteiger partial charge in [0.15, 0.2) is 11.5 Å². The Morgan fingerprint density at radius 3 is 1.97 bits per heavy atom. The maximum absolute atomic E-state index is 13.2. The van der Waals surface area contributed by atoms with Crippen LogP contribution in [0.5, 0.6) is 17.2 Å². The van der Waals surface area contributed by atoms with Crippen molar-refractivity contribution in [1.82, 2.24) is 4.90 Å². The molecule has 0 saturated carbocycles. The molecule has 1 fully saturated rings. The lowest BCUT2D eigenvalue weighted by Gasteiger charge is -2.37. The average Bonchev–Trinajstić information content (AvgIpc) is 2.76. The van der Waals surface area contributed by atoms with Gasteiger partial charge in [-0.1, -0.05) is 18.2 Å². The minimum atomic E-state index is -0.00983. The van der Waals surface area contributed by atoms with E-state index in [1.807, 2.05) is 25.7 Å². The SMILES string of the molecule is CCOc1cc(C(=O)N2CCN(c3ccccc3C)CC2)cc(OCC)c1OCC. The van der Waals surface area contributed by atoms with E-state index in [1.54, 1.807) is 12.1 Å². The Morgan fingerprint density at radius 2 is 1.43 bits per heavy atom. The van der Waals surface area contributed by atoms with Gasteiger partial charge in [0.2, 0.25) is 5.75 Å². The molecule has 0 spiro atoms. The van der Waals surface area contributed by atoms with E-state index in [0.29, 0.717) is 55.7 Å². The normalized spacial score (nSPS) is 13.9. The molecule has 1 amide bonds. The predicted octanol–water partition coefficient (Wildman–Crippen LogP) is 4.15. The molecular formula is C24H32N2O4. The standard InChI is InChI=1S/C24H32N2O4/c1-5-28-21-16-19(17-22(29-6-2)23(21)30-7-3)24(27)26-14-12-25(13-15-26)20-11-9-8-10-18(20)4/h8-11,16-17H,5-7,12-15H2,1-4H3. The number of carbonyl (C=O) groups is 1. The van der Waals surface area contributed by atoms with E-state index in [1.165, 1.54) is 11.3 Å². The monoisotopic (exact) mass is 412 g/mol. The molecule has 2 aromatic carbocycles. The number of anilines is 1. The predicted molar refractivity (Wildman–Crippen MR) is 119 cm³/mol. The zero-order chi connectivity index (χ0) is 21.5. The molecule has 0 atom stereocenters. The van der Waals surface area contributed by atoms with Gasteiger partial charge in [0.05, 0.1) is 19.8 Å². The summed E-state index contributed by atoms with van der Waals surface area (Å²) < 4.78 is 17.3. The van der Waals surface area contributed by atoms with Crippen molar-refractivity contribution in [1.29, 1.82) is 0 Å². The van der Waals surface area contributed by atoms with Gasteiger partial charge in [0, 0.05) is 37.4 Å². The summed E-state index contributed by atoms with van der Waals surface area (Å²) in [5.41, 5.74) is 3.06. The smallest absolute Gasteiger partial charge is 0.254 e. The van der Waals surface area contributed by atoms with Crippen LogP contribution in [0.4, 0.5) is 5.69 Å². The van der Waals surface area contributed by atoms with E-state index in [2.05, 4.69) is 36.1 Å². The van der Waals surface area contributed by atoms with Crippen molar-refractivity contribution < 1.29 is 19.0 Å². The molecule has 3 rings (SSSR count). The average molecular weight is 413 g/mol. The quantitative estimate of drug-likeness (QED) is 0.652. The van der Waals surface area contributed by atoms with Crippen LogP contribution in [0.3, 0.4) is 0 Å². The van der Waals surface area contributed by atoms with Gasteiger partial charge in [-0.05, 0) is 51.5 Å². The van der Waals surface area contributed by atoms with Gasteiger partial charge >= 0.3 is 0 Å². The van der Waals surface area contributed by atoms with Gasteiger partial charge in [-0.25, -0.2) is 0 Å². The second kappa shape index (κ2) is 10.2. The molecule has 1 aliphatic heterocycles. The number of benzene rings is 2. The molecule has 0 bridgehead atoms. The molecule has 2 aromatic rings. The van der Waals surface area contributed by atoms with Crippen molar-refractivity contribution in [3.63, 3.8) is 0 Å². The number of hydrogen-bond acceptors (Lipinski definition) is 5. The van der Waals surface area contributed by atoms with Crippen LogP contribution < -0.4 is 19.1 Å². The first-order valence-electron chi connectivity index (χ1n) is 10.7. The third-order valence-electron chi connectivity index (χ3n) is 5.18. The Bertz CT molecular complexity index is 833. The van der Waals surface area contributed by atoms with Crippen molar-refractivity contribution in [2.75, 3.05) is 50.9 Å². The van der Waals surface area contributed by atoms with Crippen molar-refractivity contribution in [3.8, 4) is 17.2 Å². The number of carbonyl (C=O) groups excluding carboxylic acids is 1. The molecule has 1 saturated heterocycles. The second-order valence-corrected chi connectivity index (χ2v) is 7.17. The highest BCUT2D eigenvalue weighted by Gasteiger charge is 2.25. The number of nitrogens with zero attached hydrogens (tertiary/aromatic N) is 2. The van der Waals surface area contributed by atoms with Crippen LogP contribution in [-0.4, -0.2) is 56.8 Å². The lowest BCUT2D eigenvalue weighted by molar-refractivity contribution is 0.0745. The van der Waals surface area contributed by atoms with E-state index in [9.17, 15) is 4.79 Å². The third kappa shape index (κ3) is 4.81. The molecule has 6 heteroatoms. The van der Waals surface area contributed by atoms with E-state index >= 15 is 0 Å². The highest BCUT2D eigenvalue weighted by molar-refractivity contribution is 5.96. The van der Waals surface area contributed by atoms with Crippen LogP contribution in [0.2, 0.25) is 0 Å². The largest absolute Gasteiger partial charge is 0.490 e. The van der Waals surface area contributed by atoms with Gasteiger partial charge < -0.3 is 24.0 Å². The first kappa shape index (κ1) is 21.8. The Kier molecular flexibility index (Phi) is 7.44. The Balaban J connectivity index is 1.78. The number of hydrogen-bond donors (Lipinski definition) is 0. The summed E-state index contributed by atoms with van der Waals surface area (Å²) in [4.78, 5) is 17.5. The summed E-state index contributed by atoms with van der Waals surface area (Å²) in [6, 6.07) is 11.9. The molecule has 1 aliphatic rings. The van der Waals surface area contributed by atoms with Crippen LogP contribution in [0.15, 0.2) is 36.4 Å². The maximum Gasteiger partial charge on any atom is 0.254 e. The zero-order valence-corrected chi connectivity index (χ0v) is 18.4. The molecule has 0 unspecified atom stereocenters. The molecule has 162 valence electrons. The highest BCUT2D eigenvalue weighted by Crippen LogP contribution is 2.39. The van der Waals surface area contributed by atoms with Gasteiger partial charge in [0.1, 0.15) is 0 Å². The van der Waals surface area contributed by atoms with Crippen molar-refractivity contribution in [2.24, 2.45) is 0 Å². The van der Waals surface area contributed by atoms with Crippen molar-refractivity contribution >= 4 is 11.6 Å². The third-order valence-corrected chi connectivity index (χ3v) is 5.18. The maximum atomic E-state index is 13.2. The first-order chi connectivity index (χ1) is 14.6. The summed E-state index contributed by atoms with van der Waals surface area (Å²) in [6.45, 7) is 12.3. The molecule has 30 heavy (non-hydrogen) atoms. The van der Waals surface area contributed by atoms with Crippen LogP contribution in [0, 0.1) is 6.92 Å². The Morgan fingerprint density at radius 1 is 0.867 bits per heavy atom. The van der Waals surface area contributed by atoms with Gasteiger partial charge in [0.25, 0.3) is 5.91 Å². The number of ether oxygens (including phenoxy) is 3. The molecule has 0 radical (unpaired) electrons. The fourth-order valence-corrected chi connectivity index (χ4v) is 3.76. The van der Waals surface area contributed by atoms with E-state index < -0.39 is 0 Å². The van der Waals surface area contributed by atoms with Crippen molar-refractivity contribution in [3.05, 3.63) is 47.5 Å². The molecule has 0 aromatic heterocycles.